The van der Waals surface area contributed by atoms with Crippen LogP contribution in [0.15, 0.2) is 54.6 Å². The molecule has 6 rings (SSSR count). The van der Waals surface area contributed by atoms with Gasteiger partial charge in [0.1, 0.15) is 5.65 Å². The Labute approximate surface area is 220 Å². The number of hydrogen-bond acceptors (Lipinski definition) is 5. The number of aryl methyl sites for hydroxylation is 2. The molecule has 4 heterocycles. The minimum absolute atomic E-state index is 0.0104. The number of allylic oxidation sites excluding steroid dienone is 2. The summed E-state index contributed by atoms with van der Waals surface area (Å²) in [6.07, 6.45) is 15.5. The monoisotopic (exact) mass is 509 g/mol. The minimum Gasteiger partial charge on any atom is -0.339 e. The van der Waals surface area contributed by atoms with E-state index in [4.69, 9.17) is 0 Å². The van der Waals surface area contributed by atoms with Crippen molar-refractivity contribution >= 4 is 34.2 Å². The van der Waals surface area contributed by atoms with Gasteiger partial charge in [0.25, 0.3) is 5.91 Å². The second-order valence-corrected chi connectivity index (χ2v) is 10.4. The number of hydrogen-bond donors (Lipinski definition) is 3. The summed E-state index contributed by atoms with van der Waals surface area (Å²) in [6, 6.07) is 5.54. The molecule has 4 aromatic rings. The zero-order valence-corrected chi connectivity index (χ0v) is 21.6. The first-order chi connectivity index (χ1) is 18.4. The summed E-state index contributed by atoms with van der Waals surface area (Å²) in [5.74, 6) is 0.185. The fourth-order valence-corrected chi connectivity index (χ4v) is 5.68. The van der Waals surface area contributed by atoms with Gasteiger partial charge in [-0.05, 0) is 69.6 Å². The lowest BCUT2D eigenvalue weighted by Gasteiger charge is -2.24. The van der Waals surface area contributed by atoms with Crippen molar-refractivity contribution in [1.82, 2.24) is 24.7 Å². The molecule has 0 aliphatic heterocycles. The minimum atomic E-state index is -0.290. The van der Waals surface area contributed by atoms with Gasteiger partial charge in [0.15, 0.2) is 0 Å². The Morgan fingerprint density at radius 2 is 1.89 bits per heavy atom. The highest BCUT2D eigenvalue weighted by Gasteiger charge is 2.32. The molecule has 2 atom stereocenters. The van der Waals surface area contributed by atoms with Crippen molar-refractivity contribution in [2.45, 2.75) is 45.4 Å². The van der Waals surface area contributed by atoms with E-state index in [0.717, 1.165) is 55.2 Å². The van der Waals surface area contributed by atoms with Crippen LogP contribution in [0.4, 0.5) is 11.4 Å². The number of nitrogens with zero attached hydrogens (tertiary/aromatic N) is 4. The number of carbonyl (C=O) groups is 2. The number of aromatic amines is 1. The lowest BCUT2D eigenvalue weighted by molar-refractivity contribution is -0.121. The van der Waals surface area contributed by atoms with Crippen LogP contribution in [0.3, 0.4) is 0 Å². The SMILES string of the molecule is Cc1ncc(NC(=O)C2CCC3=CCCC2CC3)cc1NC(=O)c1cnc2[nH]c(-c3cnn(C)c3)cc2c1. The van der Waals surface area contributed by atoms with Crippen molar-refractivity contribution in [3.8, 4) is 11.3 Å². The Hall–Kier alpha value is -4.27. The number of H-pyrrole nitrogens is 1. The third kappa shape index (κ3) is 4.83. The number of fused-ring (bicyclic) bond motifs is 4. The molecule has 2 aliphatic rings. The third-order valence-electron chi connectivity index (χ3n) is 7.84. The highest BCUT2D eigenvalue weighted by Crippen LogP contribution is 2.38. The van der Waals surface area contributed by atoms with Crippen LogP contribution in [0.2, 0.25) is 0 Å². The van der Waals surface area contributed by atoms with Gasteiger partial charge in [-0.15, -0.1) is 0 Å². The van der Waals surface area contributed by atoms with Crippen LogP contribution in [-0.4, -0.2) is 36.5 Å². The van der Waals surface area contributed by atoms with Crippen LogP contribution < -0.4 is 10.6 Å². The summed E-state index contributed by atoms with van der Waals surface area (Å²) in [5.41, 5.74) is 6.28. The van der Waals surface area contributed by atoms with Gasteiger partial charge in [0.05, 0.1) is 40.7 Å². The van der Waals surface area contributed by atoms with Gasteiger partial charge in [0, 0.05) is 36.3 Å². The molecule has 38 heavy (non-hydrogen) atoms. The van der Waals surface area contributed by atoms with Crippen LogP contribution in [0.1, 0.15) is 54.6 Å². The van der Waals surface area contributed by atoms with Crippen molar-refractivity contribution in [3.63, 3.8) is 0 Å². The molecule has 2 unspecified atom stereocenters. The van der Waals surface area contributed by atoms with Gasteiger partial charge in [-0.2, -0.15) is 5.10 Å². The zero-order chi connectivity index (χ0) is 26.2. The largest absolute Gasteiger partial charge is 0.339 e. The summed E-state index contributed by atoms with van der Waals surface area (Å²) in [6.45, 7) is 1.83. The molecule has 0 radical (unpaired) electrons. The molecule has 9 heteroatoms. The van der Waals surface area contributed by atoms with E-state index < -0.39 is 0 Å². The summed E-state index contributed by atoms with van der Waals surface area (Å²) in [4.78, 5) is 38.5. The maximum atomic E-state index is 13.2. The molecular formula is C29H31N7O2. The second-order valence-electron chi connectivity index (χ2n) is 10.4. The molecule has 4 aromatic heterocycles. The molecular weight excluding hydrogens is 478 g/mol. The van der Waals surface area contributed by atoms with Gasteiger partial charge in [-0.3, -0.25) is 19.3 Å². The van der Waals surface area contributed by atoms with E-state index in [9.17, 15) is 9.59 Å². The predicted molar refractivity (Wildman–Crippen MR) is 147 cm³/mol. The first-order valence-corrected chi connectivity index (χ1v) is 13.2. The van der Waals surface area contributed by atoms with E-state index in [1.807, 2.05) is 26.2 Å². The van der Waals surface area contributed by atoms with Gasteiger partial charge in [-0.25, -0.2) is 4.98 Å². The molecule has 1 fully saturated rings. The van der Waals surface area contributed by atoms with E-state index >= 15 is 0 Å². The van der Waals surface area contributed by atoms with E-state index in [0.29, 0.717) is 34.2 Å². The number of amides is 2. The standard InChI is InChI=1S/C29H31N7O2/c1-17-25(12-23(15-30-17)33-29(38)24-9-7-18-4-3-5-19(24)8-6-18)35-28(37)21-10-20-11-26(34-27(20)31-13-21)22-14-32-36(2)16-22/h4,10-16,19,24H,3,5-9H2,1-2H3,(H,31,34)(H,33,38)(H,35,37). The number of pyridine rings is 2. The van der Waals surface area contributed by atoms with Crippen LogP contribution in [0.5, 0.6) is 0 Å². The molecule has 0 saturated heterocycles. The van der Waals surface area contributed by atoms with Crippen molar-refractivity contribution < 1.29 is 9.59 Å². The van der Waals surface area contributed by atoms with Crippen LogP contribution in [-0.2, 0) is 11.8 Å². The average Bonchev–Trinajstić information content (AvgIpc) is 3.37. The number of rotatable bonds is 5. The molecule has 194 valence electrons. The van der Waals surface area contributed by atoms with Crippen molar-refractivity contribution in [3.05, 3.63) is 65.9 Å². The Bertz CT molecular complexity index is 1560. The maximum absolute atomic E-state index is 13.2. The van der Waals surface area contributed by atoms with Crippen molar-refractivity contribution in [1.29, 1.82) is 0 Å². The van der Waals surface area contributed by atoms with Gasteiger partial charge < -0.3 is 15.6 Å². The predicted octanol–water partition coefficient (Wildman–Crippen LogP) is 5.38. The van der Waals surface area contributed by atoms with E-state index in [-0.39, 0.29) is 17.7 Å². The van der Waals surface area contributed by atoms with Crippen LogP contribution in [0, 0.1) is 18.8 Å². The molecule has 1 saturated carbocycles. The van der Waals surface area contributed by atoms with Gasteiger partial charge >= 0.3 is 0 Å². The molecule has 3 N–H and O–H groups in total. The number of nitrogens with one attached hydrogen (secondary N) is 3. The van der Waals surface area contributed by atoms with Gasteiger partial charge in [-0.1, -0.05) is 11.6 Å². The van der Waals surface area contributed by atoms with Crippen LogP contribution in [0.25, 0.3) is 22.3 Å². The third-order valence-corrected chi connectivity index (χ3v) is 7.84. The zero-order valence-electron chi connectivity index (χ0n) is 21.6. The first kappa shape index (κ1) is 24.1. The highest BCUT2D eigenvalue weighted by atomic mass is 16.2. The van der Waals surface area contributed by atoms with Crippen molar-refractivity contribution in [2.24, 2.45) is 18.9 Å². The molecule has 2 bridgehead atoms. The van der Waals surface area contributed by atoms with Gasteiger partial charge in [0.2, 0.25) is 5.91 Å². The molecule has 2 aliphatic carbocycles. The number of carbonyl (C=O) groups excluding carboxylic acids is 2. The van der Waals surface area contributed by atoms with E-state index in [1.165, 1.54) is 5.57 Å². The lowest BCUT2D eigenvalue weighted by Crippen LogP contribution is -2.29. The highest BCUT2D eigenvalue weighted by molar-refractivity contribution is 6.06. The quantitative estimate of drug-likeness (QED) is 0.312. The normalized spacial score (nSPS) is 19.1. The molecule has 0 spiro atoms. The Morgan fingerprint density at radius 3 is 2.74 bits per heavy atom. The smallest absolute Gasteiger partial charge is 0.257 e. The molecule has 9 nitrogen and oxygen atoms in total. The summed E-state index contributed by atoms with van der Waals surface area (Å²) >= 11 is 0. The number of anilines is 2. The summed E-state index contributed by atoms with van der Waals surface area (Å²) in [5, 5.41) is 11.1. The molecule has 2 amide bonds. The number of aromatic nitrogens is 5. The summed E-state index contributed by atoms with van der Waals surface area (Å²) < 4.78 is 1.74. The maximum Gasteiger partial charge on any atom is 0.257 e. The van der Waals surface area contributed by atoms with E-state index in [1.54, 1.807) is 35.4 Å². The van der Waals surface area contributed by atoms with Crippen molar-refractivity contribution in [2.75, 3.05) is 10.6 Å². The Kier molecular flexibility index (Phi) is 6.27. The fraction of sp³-hybridized carbons (Fsp3) is 0.345. The van der Waals surface area contributed by atoms with E-state index in [2.05, 4.69) is 36.8 Å². The summed E-state index contributed by atoms with van der Waals surface area (Å²) in [7, 11) is 1.87. The topological polar surface area (TPSA) is 118 Å². The lowest BCUT2D eigenvalue weighted by atomic mass is 9.83. The fourth-order valence-electron chi connectivity index (χ4n) is 5.68. The van der Waals surface area contributed by atoms with Crippen LogP contribution >= 0.6 is 0 Å². The molecule has 0 aromatic carbocycles. The second kappa shape index (κ2) is 9.89. The average molecular weight is 510 g/mol. The Balaban J connectivity index is 1.17. The Morgan fingerprint density at radius 1 is 1.03 bits per heavy atom. The first-order valence-electron chi connectivity index (χ1n) is 13.2.